The lowest BCUT2D eigenvalue weighted by atomic mass is 10.3. The number of amides is 2. The molecular formula is C14H20N4O3S. The molecule has 3 N–H and O–H groups in total. The number of carbonyl (C=O) groups excluding carboxylic acids is 2. The van der Waals surface area contributed by atoms with E-state index in [9.17, 15) is 14.4 Å². The zero-order valence-electron chi connectivity index (χ0n) is 12.5. The van der Waals surface area contributed by atoms with Crippen LogP contribution in [0.25, 0.3) is 0 Å². The van der Waals surface area contributed by atoms with E-state index in [2.05, 4.69) is 27.2 Å². The molecule has 0 bridgehead atoms. The predicted molar refractivity (Wildman–Crippen MR) is 85.8 cm³/mol. The fourth-order valence-electron chi connectivity index (χ4n) is 1.50. The first-order chi connectivity index (χ1) is 10.5. The number of hydrogen-bond acceptors (Lipinski definition) is 5. The number of thioether (sulfide) groups is 1. The lowest BCUT2D eigenvalue weighted by Gasteiger charge is -2.05. The van der Waals surface area contributed by atoms with Crippen LogP contribution in [0.1, 0.15) is 19.0 Å². The van der Waals surface area contributed by atoms with Gasteiger partial charge in [0.05, 0.1) is 17.9 Å². The molecule has 0 fully saturated rings. The van der Waals surface area contributed by atoms with Crippen molar-refractivity contribution in [3.8, 4) is 0 Å². The Morgan fingerprint density at radius 1 is 1.41 bits per heavy atom. The van der Waals surface area contributed by atoms with Crippen molar-refractivity contribution in [2.45, 2.75) is 24.9 Å². The summed E-state index contributed by atoms with van der Waals surface area (Å²) in [7, 11) is 0. The summed E-state index contributed by atoms with van der Waals surface area (Å²) in [5.74, 6) is -0.201. The Hall–Kier alpha value is -2.09. The van der Waals surface area contributed by atoms with Crippen molar-refractivity contribution in [3.63, 3.8) is 0 Å². The summed E-state index contributed by atoms with van der Waals surface area (Å²) < 4.78 is 0. The van der Waals surface area contributed by atoms with E-state index in [0.29, 0.717) is 23.9 Å². The van der Waals surface area contributed by atoms with Gasteiger partial charge in [0.15, 0.2) is 5.16 Å². The van der Waals surface area contributed by atoms with Crippen LogP contribution in [0.3, 0.4) is 0 Å². The highest BCUT2D eigenvalue weighted by atomic mass is 32.2. The molecule has 0 radical (unpaired) electrons. The minimum atomic E-state index is -0.349. The second kappa shape index (κ2) is 9.78. The highest BCUT2D eigenvalue weighted by Gasteiger charge is 2.08. The molecule has 0 aliphatic heterocycles. The maximum Gasteiger partial charge on any atom is 0.251 e. The fraction of sp³-hybridized carbons (Fsp3) is 0.429. The van der Waals surface area contributed by atoms with Crippen LogP contribution in [0.2, 0.25) is 0 Å². The molecule has 2 amide bonds. The quantitative estimate of drug-likeness (QED) is 0.343. The van der Waals surface area contributed by atoms with Crippen LogP contribution >= 0.6 is 11.8 Å². The number of H-pyrrole nitrogens is 1. The molecule has 120 valence electrons. The Morgan fingerprint density at radius 3 is 2.86 bits per heavy atom. The van der Waals surface area contributed by atoms with Crippen LogP contribution in [-0.4, -0.2) is 40.6 Å². The molecule has 0 atom stereocenters. The van der Waals surface area contributed by atoms with Crippen molar-refractivity contribution in [2.75, 3.05) is 18.8 Å². The highest BCUT2D eigenvalue weighted by Crippen LogP contribution is 2.10. The number of carbonyl (C=O) groups is 2. The molecular weight excluding hydrogens is 304 g/mol. The topological polar surface area (TPSA) is 104 Å². The van der Waals surface area contributed by atoms with E-state index in [-0.39, 0.29) is 29.5 Å². The molecule has 8 heteroatoms. The summed E-state index contributed by atoms with van der Waals surface area (Å²) in [6.45, 7) is 6.45. The standard InChI is InChI=1S/C14H20N4O3S/c1-3-5-15-11(19)7-10-8-12(20)18-14(17-10)22-9-13(21)16-6-4-2/h3,8H,1,4-7,9H2,2H3,(H,15,19)(H,16,21)(H,17,18,20). The van der Waals surface area contributed by atoms with Gasteiger partial charge in [-0.2, -0.15) is 0 Å². The maximum absolute atomic E-state index is 11.6. The minimum Gasteiger partial charge on any atom is -0.355 e. The van der Waals surface area contributed by atoms with Crippen LogP contribution < -0.4 is 16.2 Å². The van der Waals surface area contributed by atoms with Crippen molar-refractivity contribution in [2.24, 2.45) is 0 Å². The van der Waals surface area contributed by atoms with Gasteiger partial charge < -0.3 is 15.6 Å². The summed E-state index contributed by atoms with van der Waals surface area (Å²) in [5.41, 5.74) is 0.0137. The molecule has 1 aromatic rings. The zero-order chi connectivity index (χ0) is 16.4. The normalized spacial score (nSPS) is 10.0. The largest absolute Gasteiger partial charge is 0.355 e. The van der Waals surface area contributed by atoms with Gasteiger partial charge >= 0.3 is 0 Å². The van der Waals surface area contributed by atoms with Gasteiger partial charge in [0.25, 0.3) is 5.56 Å². The van der Waals surface area contributed by atoms with E-state index in [1.54, 1.807) is 6.08 Å². The Bertz CT molecular complexity index is 586. The molecule has 0 aliphatic rings. The molecule has 22 heavy (non-hydrogen) atoms. The first kappa shape index (κ1) is 18.0. The monoisotopic (exact) mass is 324 g/mol. The van der Waals surface area contributed by atoms with Crippen molar-refractivity contribution in [3.05, 3.63) is 34.8 Å². The molecule has 0 unspecified atom stereocenters. The van der Waals surface area contributed by atoms with Gasteiger partial charge in [0.1, 0.15) is 0 Å². The number of hydrogen-bond donors (Lipinski definition) is 3. The third-order valence-corrected chi connectivity index (χ3v) is 3.34. The summed E-state index contributed by atoms with van der Waals surface area (Å²) >= 11 is 1.13. The minimum absolute atomic E-state index is 0.00729. The van der Waals surface area contributed by atoms with E-state index in [1.165, 1.54) is 6.07 Å². The van der Waals surface area contributed by atoms with Crippen molar-refractivity contribution < 1.29 is 9.59 Å². The Kier molecular flexibility index (Phi) is 7.98. The smallest absolute Gasteiger partial charge is 0.251 e. The van der Waals surface area contributed by atoms with Crippen LogP contribution in [0.4, 0.5) is 0 Å². The second-order valence-corrected chi connectivity index (χ2v) is 5.41. The van der Waals surface area contributed by atoms with Crippen LogP contribution in [0.5, 0.6) is 0 Å². The SMILES string of the molecule is C=CCNC(=O)Cc1cc(=O)[nH]c(SCC(=O)NCCC)n1. The van der Waals surface area contributed by atoms with Crippen LogP contribution in [0, 0.1) is 0 Å². The van der Waals surface area contributed by atoms with E-state index in [4.69, 9.17) is 0 Å². The third-order valence-electron chi connectivity index (χ3n) is 2.47. The van der Waals surface area contributed by atoms with Gasteiger partial charge in [-0.25, -0.2) is 4.98 Å². The second-order valence-electron chi connectivity index (χ2n) is 4.45. The zero-order valence-corrected chi connectivity index (χ0v) is 13.3. The summed E-state index contributed by atoms with van der Waals surface area (Å²) in [4.78, 5) is 41.4. The lowest BCUT2D eigenvalue weighted by molar-refractivity contribution is -0.120. The van der Waals surface area contributed by atoms with E-state index < -0.39 is 0 Å². The fourth-order valence-corrected chi connectivity index (χ4v) is 2.23. The highest BCUT2D eigenvalue weighted by molar-refractivity contribution is 7.99. The van der Waals surface area contributed by atoms with Crippen molar-refractivity contribution >= 4 is 23.6 Å². The van der Waals surface area contributed by atoms with Gasteiger partial charge in [-0.1, -0.05) is 24.8 Å². The first-order valence-electron chi connectivity index (χ1n) is 6.92. The molecule has 1 heterocycles. The summed E-state index contributed by atoms with van der Waals surface area (Å²) in [6.07, 6.45) is 2.44. The molecule has 1 aromatic heterocycles. The predicted octanol–water partition coefficient (Wildman–Crippen LogP) is 0.233. The van der Waals surface area contributed by atoms with E-state index in [1.807, 2.05) is 6.92 Å². The summed E-state index contributed by atoms with van der Waals surface area (Å²) in [5, 5.41) is 5.67. The van der Waals surface area contributed by atoms with Crippen molar-refractivity contribution in [1.82, 2.24) is 20.6 Å². The van der Waals surface area contributed by atoms with Gasteiger partial charge in [-0.3, -0.25) is 14.4 Å². The van der Waals surface area contributed by atoms with Crippen LogP contribution in [0.15, 0.2) is 28.7 Å². The number of nitrogens with zero attached hydrogens (tertiary/aromatic N) is 1. The van der Waals surface area contributed by atoms with Gasteiger partial charge in [-0.05, 0) is 6.42 Å². The van der Waals surface area contributed by atoms with Crippen molar-refractivity contribution in [1.29, 1.82) is 0 Å². The number of aromatic amines is 1. The Labute approximate surface area is 133 Å². The van der Waals surface area contributed by atoms with Gasteiger partial charge in [-0.15, -0.1) is 6.58 Å². The molecule has 1 rings (SSSR count). The molecule has 0 saturated carbocycles. The van der Waals surface area contributed by atoms with Gasteiger partial charge in [0, 0.05) is 19.2 Å². The average Bonchev–Trinajstić information content (AvgIpc) is 2.48. The third kappa shape index (κ3) is 7.07. The number of rotatable bonds is 9. The maximum atomic E-state index is 11.6. The molecule has 7 nitrogen and oxygen atoms in total. The lowest BCUT2D eigenvalue weighted by Crippen LogP contribution is -2.27. The number of nitrogens with one attached hydrogen (secondary N) is 3. The molecule has 0 saturated heterocycles. The summed E-state index contributed by atoms with van der Waals surface area (Å²) in [6, 6.07) is 1.27. The molecule has 0 aromatic carbocycles. The number of aromatic nitrogens is 2. The molecule has 0 aliphatic carbocycles. The van der Waals surface area contributed by atoms with E-state index in [0.717, 1.165) is 18.2 Å². The van der Waals surface area contributed by atoms with E-state index >= 15 is 0 Å². The Morgan fingerprint density at radius 2 is 2.18 bits per heavy atom. The van der Waals surface area contributed by atoms with Gasteiger partial charge in [0.2, 0.25) is 11.8 Å². The Balaban J connectivity index is 2.61. The van der Waals surface area contributed by atoms with Crippen LogP contribution in [-0.2, 0) is 16.0 Å². The average molecular weight is 324 g/mol. The molecule has 0 spiro atoms. The first-order valence-corrected chi connectivity index (χ1v) is 7.91.